The van der Waals surface area contributed by atoms with E-state index in [0.29, 0.717) is 0 Å². The molecule has 1 aromatic carbocycles. The molecule has 0 unspecified atom stereocenters. The van der Waals surface area contributed by atoms with Crippen LogP contribution in [0.4, 0.5) is 17.6 Å². The van der Waals surface area contributed by atoms with Gasteiger partial charge in [0.1, 0.15) is 5.69 Å². The third-order valence-corrected chi connectivity index (χ3v) is 2.70. The number of hydrogen-bond donors (Lipinski definition) is 0. The Morgan fingerprint density at radius 3 is 2.48 bits per heavy atom. The van der Waals surface area contributed by atoms with Gasteiger partial charge >= 0.3 is 6.18 Å². The van der Waals surface area contributed by atoms with Crippen molar-refractivity contribution in [1.82, 2.24) is 5.16 Å². The lowest BCUT2D eigenvalue weighted by atomic mass is 10.1. The third-order valence-electron chi connectivity index (χ3n) is 2.70. The summed E-state index contributed by atoms with van der Waals surface area (Å²) in [6.07, 6.45) is -4.45. The minimum atomic E-state index is -4.46. The van der Waals surface area contributed by atoms with Crippen molar-refractivity contribution in [2.24, 2.45) is 0 Å². The first-order valence-corrected chi connectivity index (χ1v) is 5.80. The van der Waals surface area contributed by atoms with E-state index in [-0.39, 0.29) is 36.5 Å². The highest BCUT2D eigenvalue weighted by molar-refractivity contribution is 5.58. The van der Waals surface area contributed by atoms with Crippen molar-refractivity contribution in [3.05, 3.63) is 41.3 Å². The molecule has 0 radical (unpaired) electrons. The van der Waals surface area contributed by atoms with Gasteiger partial charge in [-0.15, -0.1) is 0 Å². The van der Waals surface area contributed by atoms with Crippen LogP contribution in [0, 0.1) is 5.82 Å². The van der Waals surface area contributed by atoms with Crippen LogP contribution < -0.4 is 0 Å². The zero-order chi connectivity index (χ0) is 15.5. The average Bonchev–Trinajstić information content (AvgIpc) is 2.80. The second kappa shape index (κ2) is 5.94. The molecule has 4 nitrogen and oxygen atoms in total. The predicted octanol–water partition coefficient (Wildman–Crippen LogP) is 3.22. The first-order valence-electron chi connectivity index (χ1n) is 5.80. The van der Waals surface area contributed by atoms with Gasteiger partial charge in [-0.05, 0) is 12.1 Å². The predicted molar refractivity (Wildman–Crippen MR) is 62.6 cm³/mol. The quantitative estimate of drug-likeness (QED) is 0.483. The average molecular weight is 303 g/mol. The van der Waals surface area contributed by atoms with Crippen molar-refractivity contribution in [3.8, 4) is 11.3 Å². The molecule has 21 heavy (non-hydrogen) atoms. The molecule has 2 rings (SSSR count). The fraction of sp³-hybridized carbons (Fsp3) is 0.231. The molecule has 2 aromatic rings. The normalized spacial score (nSPS) is 11.4. The second-order valence-electron chi connectivity index (χ2n) is 4.06. The molecule has 0 amide bonds. The lowest BCUT2D eigenvalue weighted by Crippen LogP contribution is -2.04. The van der Waals surface area contributed by atoms with E-state index in [9.17, 15) is 22.4 Å². The number of benzene rings is 1. The molecular formula is C13H9F4NO3. The van der Waals surface area contributed by atoms with Crippen LogP contribution in [-0.4, -0.2) is 18.2 Å². The van der Waals surface area contributed by atoms with Crippen LogP contribution in [-0.2, 0) is 22.1 Å². The number of carbonyl (C=O) groups excluding carboxylic acids is 1. The number of aromatic nitrogens is 1. The van der Waals surface area contributed by atoms with Gasteiger partial charge in [0.2, 0.25) is 5.76 Å². The first kappa shape index (κ1) is 15.0. The van der Waals surface area contributed by atoms with E-state index in [4.69, 9.17) is 4.52 Å². The zero-order valence-electron chi connectivity index (χ0n) is 10.5. The van der Waals surface area contributed by atoms with Crippen molar-refractivity contribution in [3.63, 3.8) is 0 Å². The lowest BCUT2D eigenvalue weighted by Gasteiger charge is -2.06. The summed E-state index contributed by atoms with van der Waals surface area (Å²) >= 11 is 0. The maximum absolute atomic E-state index is 14.0. The van der Waals surface area contributed by atoms with Gasteiger partial charge in [0, 0.05) is 12.0 Å². The van der Waals surface area contributed by atoms with Gasteiger partial charge in [-0.3, -0.25) is 4.79 Å². The Bertz CT molecular complexity index is 619. The molecule has 112 valence electrons. The third kappa shape index (κ3) is 3.39. The molecule has 0 spiro atoms. The molecule has 0 fully saturated rings. The van der Waals surface area contributed by atoms with Gasteiger partial charge in [-0.1, -0.05) is 17.3 Å². The van der Waals surface area contributed by atoms with Crippen LogP contribution >= 0.6 is 0 Å². The van der Waals surface area contributed by atoms with Crippen molar-refractivity contribution < 1.29 is 31.6 Å². The van der Waals surface area contributed by atoms with Crippen LogP contribution in [0.15, 0.2) is 28.8 Å². The van der Waals surface area contributed by atoms with Crippen molar-refractivity contribution >= 4 is 6.47 Å². The van der Waals surface area contributed by atoms with Crippen molar-refractivity contribution in [2.75, 3.05) is 6.61 Å². The summed E-state index contributed by atoms with van der Waals surface area (Å²) in [7, 11) is 0. The summed E-state index contributed by atoms with van der Waals surface area (Å²) in [6.45, 7) is 0.147. The Kier molecular flexibility index (Phi) is 4.25. The molecular weight excluding hydrogens is 294 g/mol. The topological polar surface area (TPSA) is 52.3 Å². The fourth-order valence-corrected chi connectivity index (χ4v) is 1.66. The van der Waals surface area contributed by atoms with Gasteiger partial charge in [0.25, 0.3) is 6.47 Å². The van der Waals surface area contributed by atoms with Gasteiger partial charge < -0.3 is 9.26 Å². The number of hydrogen-bond acceptors (Lipinski definition) is 4. The largest absolute Gasteiger partial charge is 0.467 e. The minimum absolute atomic E-state index is 0.00864. The minimum Gasteiger partial charge on any atom is -0.467 e. The summed E-state index contributed by atoms with van der Waals surface area (Å²) in [6, 6.07) is 3.84. The van der Waals surface area contributed by atoms with Gasteiger partial charge in [0.15, 0.2) is 5.82 Å². The van der Waals surface area contributed by atoms with E-state index in [1.54, 1.807) is 0 Å². The number of alkyl halides is 3. The monoisotopic (exact) mass is 303 g/mol. The van der Waals surface area contributed by atoms with Crippen LogP contribution in [0.25, 0.3) is 11.3 Å². The molecule has 0 saturated heterocycles. The Morgan fingerprint density at radius 1 is 1.24 bits per heavy atom. The van der Waals surface area contributed by atoms with Gasteiger partial charge in [-0.25, -0.2) is 4.39 Å². The van der Waals surface area contributed by atoms with Crippen LogP contribution in [0.3, 0.4) is 0 Å². The van der Waals surface area contributed by atoms with Gasteiger partial charge in [0.05, 0.1) is 12.2 Å². The van der Waals surface area contributed by atoms with Gasteiger partial charge in [-0.2, -0.15) is 13.2 Å². The van der Waals surface area contributed by atoms with Crippen LogP contribution in [0.1, 0.15) is 11.3 Å². The Balaban J connectivity index is 2.20. The second-order valence-corrected chi connectivity index (χ2v) is 4.06. The van der Waals surface area contributed by atoms with E-state index < -0.39 is 17.6 Å². The highest BCUT2D eigenvalue weighted by Gasteiger charge is 2.30. The molecule has 1 aromatic heterocycles. The van der Waals surface area contributed by atoms with Crippen molar-refractivity contribution in [1.29, 1.82) is 0 Å². The Hall–Kier alpha value is -2.38. The Morgan fingerprint density at radius 2 is 1.90 bits per heavy atom. The molecule has 0 saturated carbocycles. The standard InChI is InChI=1S/C13H9F4NO3/c14-11-10(5-6-20-7-19)18-21-12(11)8-1-3-9(4-2-8)13(15,16)17/h1-4,7H,5-6H2. The van der Waals surface area contributed by atoms with E-state index in [1.165, 1.54) is 0 Å². The summed E-state index contributed by atoms with van der Waals surface area (Å²) in [5.41, 5.74) is -0.770. The molecule has 0 aliphatic carbocycles. The van der Waals surface area contributed by atoms with E-state index in [0.717, 1.165) is 24.3 Å². The molecule has 0 bridgehead atoms. The van der Waals surface area contributed by atoms with Crippen molar-refractivity contribution in [2.45, 2.75) is 12.6 Å². The maximum Gasteiger partial charge on any atom is 0.416 e. The maximum atomic E-state index is 14.0. The number of rotatable bonds is 5. The number of carbonyl (C=O) groups is 1. The molecule has 0 aliphatic rings. The number of halogens is 4. The smallest absolute Gasteiger partial charge is 0.416 e. The van der Waals surface area contributed by atoms with Crippen LogP contribution in [0.2, 0.25) is 0 Å². The fourth-order valence-electron chi connectivity index (χ4n) is 1.66. The summed E-state index contributed by atoms with van der Waals surface area (Å²) in [5, 5.41) is 3.47. The highest BCUT2D eigenvalue weighted by atomic mass is 19.4. The summed E-state index contributed by atoms with van der Waals surface area (Å²) in [4.78, 5) is 9.97. The zero-order valence-corrected chi connectivity index (χ0v) is 10.5. The highest BCUT2D eigenvalue weighted by Crippen LogP contribution is 2.32. The van der Waals surface area contributed by atoms with Crippen LogP contribution in [0.5, 0.6) is 0 Å². The molecule has 0 atom stereocenters. The first-order chi connectivity index (χ1) is 9.93. The SMILES string of the molecule is O=COCCc1noc(-c2ccc(C(F)(F)F)cc2)c1F. The summed E-state index contributed by atoms with van der Waals surface area (Å²) < 4.78 is 60.4. The molecule has 0 aliphatic heterocycles. The number of ether oxygens (including phenoxy) is 1. The summed E-state index contributed by atoms with van der Waals surface area (Å²) in [5.74, 6) is -1.05. The van der Waals surface area contributed by atoms with E-state index >= 15 is 0 Å². The molecule has 0 N–H and O–H groups in total. The molecule has 1 heterocycles. The Labute approximate surface area is 116 Å². The molecule has 8 heteroatoms. The lowest BCUT2D eigenvalue weighted by molar-refractivity contribution is -0.137. The van der Waals surface area contributed by atoms with E-state index in [1.807, 2.05) is 0 Å². The van der Waals surface area contributed by atoms with E-state index in [2.05, 4.69) is 9.89 Å². The number of nitrogens with zero attached hydrogens (tertiary/aromatic N) is 1.